The van der Waals surface area contributed by atoms with Crippen LogP contribution in [0.3, 0.4) is 0 Å². The van der Waals surface area contributed by atoms with Gasteiger partial charge in [0.25, 0.3) is 0 Å². The Morgan fingerprint density at radius 3 is 1.89 bits per heavy atom. The first-order valence-electron chi connectivity index (χ1n) is 21.6. The third-order valence-corrected chi connectivity index (χ3v) is 14.1. The van der Waals surface area contributed by atoms with Crippen LogP contribution < -0.4 is 4.90 Å². The van der Waals surface area contributed by atoms with Crippen molar-refractivity contribution in [2.75, 3.05) is 4.90 Å². The number of rotatable bonds is 5. The van der Waals surface area contributed by atoms with Gasteiger partial charge in [-0.2, -0.15) is 0 Å². The van der Waals surface area contributed by atoms with E-state index in [1.54, 1.807) is 0 Å². The van der Waals surface area contributed by atoms with Crippen molar-refractivity contribution >= 4 is 39.7 Å². The summed E-state index contributed by atoms with van der Waals surface area (Å²) in [5.41, 5.74) is 18.1. The SMILES string of the molecule is C1=CC2C(c3ccccc3)=Cc3c(oc4cccc(N(c5ccccc5-c5ccccc5)c5cccc6c5-c5ccccc5C65c6ccccc6C6C=CC=CC65)c34)C2C=C1. The zero-order valence-electron chi connectivity index (χ0n) is 33.5. The Kier molecular flexibility index (Phi) is 7.51. The van der Waals surface area contributed by atoms with E-state index in [0.717, 1.165) is 39.4 Å². The molecule has 5 atom stereocenters. The summed E-state index contributed by atoms with van der Waals surface area (Å²) in [5.74, 6) is 1.84. The van der Waals surface area contributed by atoms with E-state index in [9.17, 15) is 0 Å². The van der Waals surface area contributed by atoms with Crippen LogP contribution in [0.2, 0.25) is 0 Å². The standard InChI is InChI=1S/C59H41NO/c1-3-19-38(20-4-1)40-23-12-16-33-52(40)60(54-35-18-36-55-57(54)47-37-46(39-21-5-2-6-22-39)41-24-7-8-27-44(41)58(47)61-55)53-34-17-32-51-56(53)45-28-11-15-31-50(45)59(51)48-29-13-9-25-42(48)43-26-10-14-30-49(43)59/h1-37,41-42,44,48H. The van der Waals surface area contributed by atoms with Gasteiger partial charge in [-0.3, -0.25) is 0 Å². The van der Waals surface area contributed by atoms with Gasteiger partial charge in [-0.1, -0.05) is 194 Å². The van der Waals surface area contributed by atoms with Crippen molar-refractivity contribution in [3.8, 4) is 22.3 Å². The van der Waals surface area contributed by atoms with Gasteiger partial charge < -0.3 is 9.32 Å². The highest BCUT2D eigenvalue weighted by molar-refractivity contribution is 6.09. The van der Waals surface area contributed by atoms with Gasteiger partial charge in [0.1, 0.15) is 11.3 Å². The Balaban J connectivity index is 1.13. The smallest absolute Gasteiger partial charge is 0.137 e. The summed E-state index contributed by atoms with van der Waals surface area (Å²) in [5, 5.41) is 1.13. The molecule has 0 amide bonds. The lowest BCUT2D eigenvalue weighted by Gasteiger charge is -2.36. The molecule has 5 aliphatic carbocycles. The van der Waals surface area contributed by atoms with Crippen molar-refractivity contribution in [1.82, 2.24) is 0 Å². The molecular weight excluding hydrogens is 739 g/mol. The van der Waals surface area contributed by atoms with E-state index >= 15 is 0 Å². The van der Waals surface area contributed by atoms with Gasteiger partial charge in [0.2, 0.25) is 0 Å². The maximum Gasteiger partial charge on any atom is 0.137 e. The van der Waals surface area contributed by atoms with Gasteiger partial charge in [0.05, 0.1) is 27.9 Å². The van der Waals surface area contributed by atoms with Crippen LogP contribution in [0.15, 0.2) is 223 Å². The highest BCUT2D eigenvalue weighted by Crippen LogP contribution is 2.67. The fraction of sp³-hybridized carbons (Fsp3) is 0.0847. The summed E-state index contributed by atoms with van der Waals surface area (Å²) in [7, 11) is 0. The summed E-state index contributed by atoms with van der Waals surface area (Å²) in [6.45, 7) is 0. The fourth-order valence-corrected chi connectivity index (χ4v) is 11.8. The van der Waals surface area contributed by atoms with Crippen LogP contribution in [0.25, 0.3) is 44.9 Å². The minimum atomic E-state index is -0.348. The van der Waals surface area contributed by atoms with E-state index in [4.69, 9.17) is 4.42 Å². The quantitative estimate of drug-likeness (QED) is 0.173. The Morgan fingerprint density at radius 1 is 0.443 bits per heavy atom. The van der Waals surface area contributed by atoms with E-state index in [2.05, 4.69) is 229 Å². The summed E-state index contributed by atoms with van der Waals surface area (Å²) in [4.78, 5) is 2.56. The summed E-state index contributed by atoms with van der Waals surface area (Å²) < 4.78 is 7.07. The number of fused-ring (bicyclic) bond motifs is 15. The molecule has 0 aliphatic heterocycles. The Labute approximate surface area is 356 Å². The van der Waals surface area contributed by atoms with Crippen molar-refractivity contribution in [2.24, 2.45) is 11.8 Å². The van der Waals surface area contributed by atoms with Crippen LogP contribution in [0.5, 0.6) is 0 Å². The minimum absolute atomic E-state index is 0.0891. The van der Waals surface area contributed by atoms with Crippen molar-refractivity contribution in [3.63, 3.8) is 0 Å². The Hall–Kier alpha value is -7.42. The Bertz CT molecular complexity index is 3230. The minimum Gasteiger partial charge on any atom is -0.460 e. The number of hydrogen-bond donors (Lipinski definition) is 0. The number of hydrogen-bond acceptors (Lipinski definition) is 2. The first-order valence-corrected chi connectivity index (χ1v) is 21.6. The van der Waals surface area contributed by atoms with Crippen LogP contribution in [0.1, 0.15) is 51.0 Å². The normalized spacial score (nSPS) is 22.0. The monoisotopic (exact) mass is 779 g/mol. The molecule has 7 aromatic carbocycles. The van der Waals surface area contributed by atoms with Crippen LogP contribution in [-0.4, -0.2) is 0 Å². The number of anilines is 3. The molecule has 0 saturated carbocycles. The van der Waals surface area contributed by atoms with Crippen LogP contribution >= 0.6 is 0 Å². The van der Waals surface area contributed by atoms with Crippen LogP contribution in [0, 0.1) is 11.8 Å². The second-order valence-corrected chi connectivity index (χ2v) is 17.0. The van der Waals surface area contributed by atoms with Gasteiger partial charge in [0, 0.05) is 40.4 Å². The van der Waals surface area contributed by atoms with E-state index < -0.39 is 0 Å². The highest BCUT2D eigenvalue weighted by atomic mass is 16.3. The molecule has 0 saturated heterocycles. The maximum atomic E-state index is 7.07. The average Bonchev–Trinajstić information content (AvgIpc) is 3.97. The molecule has 2 nitrogen and oxygen atoms in total. The van der Waals surface area contributed by atoms with Gasteiger partial charge in [-0.15, -0.1) is 0 Å². The molecule has 5 unspecified atom stereocenters. The molecule has 288 valence electrons. The van der Waals surface area contributed by atoms with Crippen LogP contribution in [0.4, 0.5) is 17.1 Å². The van der Waals surface area contributed by atoms with Crippen molar-refractivity contribution in [2.45, 2.75) is 17.3 Å². The lowest BCUT2D eigenvalue weighted by Crippen LogP contribution is -2.33. The zero-order chi connectivity index (χ0) is 40.1. The molecule has 1 aromatic heterocycles. The molecule has 0 fully saturated rings. The van der Waals surface area contributed by atoms with Gasteiger partial charge in [-0.25, -0.2) is 0 Å². The van der Waals surface area contributed by atoms with E-state index in [1.807, 2.05) is 0 Å². The summed E-state index contributed by atoms with van der Waals surface area (Å²) >= 11 is 0. The topological polar surface area (TPSA) is 16.4 Å². The first kappa shape index (κ1) is 34.4. The molecular formula is C59H41NO. The highest BCUT2D eigenvalue weighted by Gasteiger charge is 2.57. The van der Waals surface area contributed by atoms with Gasteiger partial charge >= 0.3 is 0 Å². The van der Waals surface area contributed by atoms with Crippen LogP contribution in [-0.2, 0) is 5.41 Å². The fourth-order valence-electron chi connectivity index (χ4n) is 11.8. The second kappa shape index (κ2) is 13.3. The van der Waals surface area contributed by atoms with Crippen molar-refractivity contribution in [1.29, 1.82) is 0 Å². The number of furan rings is 1. The van der Waals surface area contributed by atoms with Crippen molar-refractivity contribution < 1.29 is 4.42 Å². The zero-order valence-corrected chi connectivity index (χ0v) is 33.5. The number of nitrogens with zero attached hydrogens (tertiary/aromatic N) is 1. The molecule has 0 bridgehead atoms. The maximum absolute atomic E-state index is 7.07. The third kappa shape index (κ3) is 4.79. The molecule has 13 rings (SSSR count). The molecule has 8 aromatic rings. The lowest BCUT2D eigenvalue weighted by molar-refractivity contribution is 0.465. The average molecular weight is 780 g/mol. The lowest BCUT2D eigenvalue weighted by atomic mass is 9.65. The number of allylic oxidation sites excluding steroid dienone is 9. The van der Waals surface area contributed by atoms with Gasteiger partial charge in [-0.05, 0) is 74.9 Å². The Morgan fingerprint density at radius 2 is 1.05 bits per heavy atom. The first-order chi connectivity index (χ1) is 30.3. The molecule has 1 heterocycles. The molecule has 2 heteroatoms. The van der Waals surface area contributed by atoms with E-state index in [-0.39, 0.29) is 23.2 Å². The summed E-state index contributed by atoms with van der Waals surface area (Å²) in [6, 6.07) is 62.8. The van der Waals surface area contributed by atoms with Crippen molar-refractivity contribution in [3.05, 3.63) is 258 Å². The molecule has 0 N–H and O–H groups in total. The second-order valence-electron chi connectivity index (χ2n) is 17.0. The summed E-state index contributed by atoms with van der Waals surface area (Å²) in [6.07, 6.45) is 20.9. The third-order valence-electron chi connectivity index (χ3n) is 14.1. The number of para-hydroxylation sites is 1. The molecule has 0 radical (unpaired) electrons. The van der Waals surface area contributed by atoms with E-state index in [0.29, 0.717) is 5.92 Å². The van der Waals surface area contributed by atoms with Gasteiger partial charge in [0.15, 0.2) is 0 Å². The predicted molar refractivity (Wildman–Crippen MR) is 251 cm³/mol. The molecule has 61 heavy (non-hydrogen) atoms. The predicted octanol–water partition coefficient (Wildman–Crippen LogP) is 15.1. The van der Waals surface area contributed by atoms with E-state index in [1.165, 1.54) is 55.6 Å². The molecule has 5 aliphatic rings. The molecule has 1 spiro atoms. The largest absolute Gasteiger partial charge is 0.460 e. The number of benzene rings is 7.